The summed E-state index contributed by atoms with van der Waals surface area (Å²) in [7, 11) is 0. The number of hydrogen-bond donors (Lipinski definition) is 0. The van der Waals surface area contributed by atoms with Crippen molar-refractivity contribution in [2.24, 2.45) is 5.41 Å². The maximum absolute atomic E-state index is 11.6. The molecule has 98 valence electrons. The second-order valence-corrected chi connectivity index (χ2v) is 6.22. The van der Waals surface area contributed by atoms with Gasteiger partial charge in [-0.05, 0) is 30.7 Å². The summed E-state index contributed by atoms with van der Waals surface area (Å²) in [4.78, 5) is 11.6. The lowest BCUT2D eigenvalue weighted by Gasteiger charge is -2.18. The first-order valence-corrected chi connectivity index (χ1v) is 6.75. The Bertz CT molecular complexity index is 441. The number of ether oxygens (including phenoxy) is 1. The Morgan fingerprint density at radius 3 is 2.72 bits per heavy atom. The van der Waals surface area contributed by atoms with E-state index in [9.17, 15) is 4.79 Å². The highest BCUT2D eigenvalue weighted by Crippen LogP contribution is 2.30. The molecular weight excluding hydrogens is 224 g/mol. The third-order valence-corrected chi connectivity index (χ3v) is 3.36. The summed E-state index contributed by atoms with van der Waals surface area (Å²) < 4.78 is 5.84. The van der Waals surface area contributed by atoms with Crippen LogP contribution in [0.25, 0.3) is 0 Å². The SMILES string of the molecule is CC(C)(C)CCCOc1cccc2c1CCC2=O. The van der Waals surface area contributed by atoms with Gasteiger partial charge in [-0.3, -0.25) is 4.79 Å². The first-order chi connectivity index (χ1) is 8.47. The molecular formula is C16H22O2. The molecule has 0 bridgehead atoms. The Kier molecular flexibility index (Phi) is 3.74. The number of Topliss-reactive ketones (excluding diaryl/α,β-unsaturated/α-hetero) is 1. The second-order valence-electron chi connectivity index (χ2n) is 6.22. The van der Waals surface area contributed by atoms with Crippen molar-refractivity contribution in [1.82, 2.24) is 0 Å². The molecule has 1 aliphatic rings. The monoisotopic (exact) mass is 246 g/mol. The van der Waals surface area contributed by atoms with Gasteiger partial charge in [-0.15, -0.1) is 0 Å². The van der Waals surface area contributed by atoms with Crippen molar-refractivity contribution in [1.29, 1.82) is 0 Å². The molecule has 0 saturated heterocycles. The minimum Gasteiger partial charge on any atom is -0.493 e. The van der Waals surface area contributed by atoms with E-state index in [0.29, 0.717) is 11.8 Å². The Balaban J connectivity index is 1.93. The molecule has 1 aromatic carbocycles. The zero-order valence-corrected chi connectivity index (χ0v) is 11.6. The van der Waals surface area contributed by atoms with E-state index in [1.807, 2.05) is 18.2 Å². The number of hydrogen-bond acceptors (Lipinski definition) is 2. The van der Waals surface area contributed by atoms with Gasteiger partial charge in [0.15, 0.2) is 5.78 Å². The van der Waals surface area contributed by atoms with Gasteiger partial charge in [-0.25, -0.2) is 0 Å². The van der Waals surface area contributed by atoms with Crippen molar-refractivity contribution in [2.45, 2.75) is 46.5 Å². The van der Waals surface area contributed by atoms with Crippen LogP contribution in [0.3, 0.4) is 0 Å². The molecule has 2 rings (SSSR count). The van der Waals surface area contributed by atoms with Crippen LogP contribution in [0.1, 0.15) is 56.0 Å². The molecule has 0 amide bonds. The topological polar surface area (TPSA) is 26.3 Å². The second kappa shape index (κ2) is 5.13. The molecule has 0 unspecified atom stereocenters. The summed E-state index contributed by atoms with van der Waals surface area (Å²) in [5.41, 5.74) is 2.33. The largest absolute Gasteiger partial charge is 0.493 e. The molecule has 0 radical (unpaired) electrons. The van der Waals surface area contributed by atoms with Crippen LogP contribution in [-0.4, -0.2) is 12.4 Å². The summed E-state index contributed by atoms with van der Waals surface area (Å²) in [6.07, 6.45) is 3.68. The van der Waals surface area contributed by atoms with Crippen LogP contribution in [0.5, 0.6) is 5.75 Å². The summed E-state index contributed by atoms with van der Waals surface area (Å²) >= 11 is 0. The number of carbonyl (C=O) groups excluding carboxylic acids is 1. The highest BCUT2D eigenvalue weighted by molar-refractivity contribution is 6.01. The van der Waals surface area contributed by atoms with Gasteiger partial charge in [0.1, 0.15) is 5.75 Å². The van der Waals surface area contributed by atoms with E-state index >= 15 is 0 Å². The van der Waals surface area contributed by atoms with Crippen molar-refractivity contribution in [3.8, 4) is 5.75 Å². The van der Waals surface area contributed by atoms with E-state index in [1.165, 1.54) is 0 Å². The smallest absolute Gasteiger partial charge is 0.163 e. The minimum atomic E-state index is 0.255. The van der Waals surface area contributed by atoms with Crippen molar-refractivity contribution in [3.05, 3.63) is 29.3 Å². The predicted molar refractivity (Wildman–Crippen MR) is 73.3 cm³/mol. The first kappa shape index (κ1) is 13.1. The van der Waals surface area contributed by atoms with Crippen LogP contribution in [-0.2, 0) is 6.42 Å². The van der Waals surface area contributed by atoms with Crippen LogP contribution in [0.2, 0.25) is 0 Å². The van der Waals surface area contributed by atoms with Gasteiger partial charge in [0.25, 0.3) is 0 Å². The summed E-state index contributed by atoms with van der Waals surface area (Å²) in [5, 5.41) is 0. The fourth-order valence-electron chi connectivity index (χ4n) is 2.38. The molecule has 0 aliphatic heterocycles. The van der Waals surface area contributed by atoms with Gasteiger partial charge in [-0.1, -0.05) is 32.9 Å². The average molecular weight is 246 g/mol. The molecule has 0 saturated carbocycles. The highest BCUT2D eigenvalue weighted by atomic mass is 16.5. The normalized spacial score (nSPS) is 14.7. The maximum Gasteiger partial charge on any atom is 0.163 e. The molecule has 0 N–H and O–H groups in total. The van der Waals surface area contributed by atoms with Gasteiger partial charge in [0.05, 0.1) is 6.61 Å². The Hall–Kier alpha value is -1.31. The van der Waals surface area contributed by atoms with Gasteiger partial charge in [0.2, 0.25) is 0 Å². The van der Waals surface area contributed by atoms with Crippen molar-refractivity contribution < 1.29 is 9.53 Å². The molecule has 2 nitrogen and oxygen atoms in total. The molecule has 2 heteroatoms. The minimum absolute atomic E-state index is 0.255. The Morgan fingerprint density at radius 2 is 2.00 bits per heavy atom. The molecule has 0 atom stereocenters. The summed E-state index contributed by atoms with van der Waals surface area (Å²) in [6, 6.07) is 5.81. The Labute approximate surface area is 109 Å². The lowest BCUT2D eigenvalue weighted by molar-refractivity contribution is 0.0994. The van der Waals surface area contributed by atoms with E-state index in [2.05, 4.69) is 20.8 Å². The fourth-order valence-corrected chi connectivity index (χ4v) is 2.38. The first-order valence-electron chi connectivity index (χ1n) is 6.75. The quantitative estimate of drug-likeness (QED) is 0.750. The van der Waals surface area contributed by atoms with E-state index in [4.69, 9.17) is 4.74 Å². The summed E-state index contributed by atoms with van der Waals surface area (Å²) in [5.74, 6) is 1.16. The van der Waals surface area contributed by atoms with Gasteiger partial charge >= 0.3 is 0 Å². The number of benzene rings is 1. The van der Waals surface area contributed by atoms with Crippen LogP contribution >= 0.6 is 0 Å². The Morgan fingerprint density at radius 1 is 1.22 bits per heavy atom. The van der Waals surface area contributed by atoms with Gasteiger partial charge < -0.3 is 4.74 Å². The number of rotatable bonds is 4. The zero-order chi connectivity index (χ0) is 13.2. The van der Waals surface area contributed by atoms with Crippen LogP contribution in [0.4, 0.5) is 0 Å². The fraction of sp³-hybridized carbons (Fsp3) is 0.562. The van der Waals surface area contributed by atoms with Crippen molar-refractivity contribution in [2.75, 3.05) is 6.61 Å². The van der Waals surface area contributed by atoms with Crippen LogP contribution in [0, 0.1) is 5.41 Å². The molecule has 0 aromatic heterocycles. The maximum atomic E-state index is 11.6. The van der Waals surface area contributed by atoms with Gasteiger partial charge in [-0.2, -0.15) is 0 Å². The zero-order valence-electron chi connectivity index (χ0n) is 11.6. The van der Waals surface area contributed by atoms with E-state index in [1.54, 1.807) is 0 Å². The third kappa shape index (κ3) is 3.12. The summed E-state index contributed by atoms with van der Waals surface area (Å²) in [6.45, 7) is 7.46. The van der Waals surface area contributed by atoms with E-state index in [0.717, 1.165) is 42.7 Å². The van der Waals surface area contributed by atoms with Crippen molar-refractivity contribution in [3.63, 3.8) is 0 Å². The molecule has 1 aromatic rings. The lowest BCUT2D eigenvalue weighted by Crippen LogP contribution is -2.08. The van der Waals surface area contributed by atoms with Crippen molar-refractivity contribution >= 4 is 5.78 Å². The average Bonchev–Trinajstić information content (AvgIpc) is 2.67. The number of carbonyl (C=O) groups is 1. The number of fused-ring (bicyclic) bond motifs is 1. The molecule has 1 aliphatic carbocycles. The lowest BCUT2D eigenvalue weighted by atomic mass is 9.91. The van der Waals surface area contributed by atoms with E-state index < -0.39 is 0 Å². The van der Waals surface area contributed by atoms with Gasteiger partial charge in [0, 0.05) is 17.5 Å². The molecule has 18 heavy (non-hydrogen) atoms. The molecule has 0 fully saturated rings. The predicted octanol–water partition coefficient (Wildman–Crippen LogP) is 4.02. The highest BCUT2D eigenvalue weighted by Gasteiger charge is 2.22. The van der Waals surface area contributed by atoms with Crippen LogP contribution in [0.15, 0.2) is 18.2 Å². The standard InChI is InChI=1S/C16H22O2/c1-16(2,3)10-5-11-18-15-7-4-6-12-13(15)8-9-14(12)17/h4,6-7H,5,8-11H2,1-3H3. The number of ketones is 1. The molecule has 0 spiro atoms. The molecule has 0 heterocycles. The van der Waals surface area contributed by atoms with Crippen LogP contribution < -0.4 is 4.74 Å². The third-order valence-electron chi connectivity index (χ3n) is 3.36. The van der Waals surface area contributed by atoms with E-state index in [-0.39, 0.29) is 5.78 Å².